The lowest BCUT2D eigenvalue weighted by Gasteiger charge is -2.19. The van der Waals surface area contributed by atoms with Crippen LogP contribution in [0.5, 0.6) is 0 Å². The van der Waals surface area contributed by atoms with Gasteiger partial charge in [0.25, 0.3) is 5.56 Å². The van der Waals surface area contributed by atoms with Crippen LogP contribution in [0.1, 0.15) is 37.4 Å². The molecular formula is C13H20N4O. The van der Waals surface area contributed by atoms with E-state index < -0.39 is 0 Å². The Labute approximate surface area is 107 Å². The van der Waals surface area contributed by atoms with Crippen LogP contribution in [-0.4, -0.2) is 41.0 Å². The monoisotopic (exact) mass is 248 g/mol. The lowest BCUT2D eigenvalue weighted by atomic mass is 10.2. The minimum absolute atomic E-state index is 0.0471. The van der Waals surface area contributed by atoms with Gasteiger partial charge in [-0.15, -0.1) is 0 Å². The summed E-state index contributed by atoms with van der Waals surface area (Å²) in [5, 5.41) is 3.31. The molecule has 1 atom stereocenters. The largest absolute Gasteiger partial charge is 0.368 e. The Morgan fingerprint density at radius 3 is 3.00 bits per heavy atom. The number of H-pyrrole nitrogens is 1. The quantitative estimate of drug-likeness (QED) is 0.839. The summed E-state index contributed by atoms with van der Waals surface area (Å²) in [5.41, 5.74) is -0.0471. The van der Waals surface area contributed by atoms with Crippen LogP contribution in [0, 0.1) is 0 Å². The van der Waals surface area contributed by atoms with Crippen LogP contribution in [0.4, 0.5) is 5.82 Å². The first-order chi connectivity index (χ1) is 8.72. The van der Waals surface area contributed by atoms with E-state index in [0.717, 1.165) is 31.0 Å². The zero-order valence-electron chi connectivity index (χ0n) is 10.8. The Hall–Kier alpha value is -1.36. The molecule has 5 heteroatoms. The maximum absolute atomic E-state index is 11.6. The van der Waals surface area contributed by atoms with Gasteiger partial charge in [-0.2, -0.15) is 0 Å². The molecule has 0 bridgehead atoms. The Bertz CT molecular complexity index is 480. The molecule has 0 aromatic carbocycles. The maximum atomic E-state index is 11.6. The van der Waals surface area contributed by atoms with E-state index >= 15 is 0 Å². The van der Waals surface area contributed by atoms with E-state index in [9.17, 15) is 4.79 Å². The zero-order chi connectivity index (χ0) is 12.5. The van der Waals surface area contributed by atoms with Crippen LogP contribution in [-0.2, 0) is 0 Å². The minimum Gasteiger partial charge on any atom is -0.368 e. The van der Waals surface area contributed by atoms with Gasteiger partial charge < -0.3 is 15.2 Å². The third-order valence-corrected chi connectivity index (χ3v) is 3.91. The number of rotatable bonds is 4. The van der Waals surface area contributed by atoms with E-state index in [4.69, 9.17) is 0 Å². The Kier molecular flexibility index (Phi) is 3.07. The van der Waals surface area contributed by atoms with E-state index in [-0.39, 0.29) is 5.56 Å². The first-order valence-electron chi connectivity index (χ1n) is 6.78. The highest BCUT2D eigenvalue weighted by atomic mass is 16.1. The normalized spacial score (nSPS) is 24.4. The van der Waals surface area contributed by atoms with E-state index in [0.29, 0.717) is 12.0 Å². The van der Waals surface area contributed by atoms with Crippen molar-refractivity contribution in [1.29, 1.82) is 0 Å². The van der Waals surface area contributed by atoms with Crippen LogP contribution >= 0.6 is 0 Å². The van der Waals surface area contributed by atoms with Gasteiger partial charge in [0.1, 0.15) is 11.6 Å². The molecule has 2 aliphatic rings. The highest BCUT2D eigenvalue weighted by Gasteiger charge is 2.26. The van der Waals surface area contributed by atoms with Crippen molar-refractivity contribution in [1.82, 2.24) is 14.9 Å². The molecule has 1 saturated heterocycles. The van der Waals surface area contributed by atoms with E-state index in [1.165, 1.54) is 19.4 Å². The van der Waals surface area contributed by atoms with E-state index in [1.54, 1.807) is 6.07 Å². The lowest BCUT2D eigenvalue weighted by molar-refractivity contribution is 0.322. The van der Waals surface area contributed by atoms with E-state index in [1.807, 2.05) is 0 Å². The van der Waals surface area contributed by atoms with Crippen molar-refractivity contribution in [3.8, 4) is 0 Å². The fraction of sp³-hybridized carbons (Fsp3) is 0.692. The van der Waals surface area contributed by atoms with Gasteiger partial charge in [0.05, 0.1) is 0 Å². The molecule has 98 valence electrons. The second kappa shape index (κ2) is 4.72. The number of hydrogen-bond acceptors (Lipinski definition) is 4. The molecule has 1 aliphatic carbocycles. The molecule has 1 unspecified atom stereocenters. The van der Waals surface area contributed by atoms with Crippen molar-refractivity contribution in [2.75, 3.05) is 25.5 Å². The Balaban J connectivity index is 1.66. The van der Waals surface area contributed by atoms with Crippen LogP contribution < -0.4 is 10.9 Å². The molecule has 2 heterocycles. The molecule has 1 aromatic rings. The fourth-order valence-electron chi connectivity index (χ4n) is 2.58. The maximum Gasteiger partial charge on any atom is 0.252 e. The second-order valence-corrected chi connectivity index (χ2v) is 5.45. The molecular weight excluding hydrogens is 228 g/mol. The van der Waals surface area contributed by atoms with Gasteiger partial charge in [-0.05, 0) is 39.3 Å². The number of anilines is 1. The van der Waals surface area contributed by atoms with Gasteiger partial charge in [-0.25, -0.2) is 4.98 Å². The van der Waals surface area contributed by atoms with Crippen molar-refractivity contribution in [2.45, 2.75) is 37.6 Å². The molecule has 1 aromatic heterocycles. The molecule has 0 spiro atoms. The average Bonchev–Trinajstić information content (AvgIpc) is 3.11. The first-order valence-corrected chi connectivity index (χ1v) is 6.78. The second-order valence-electron chi connectivity index (χ2n) is 5.45. The summed E-state index contributed by atoms with van der Waals surface area (Å²) in [5.74, 6) is 2.05. The highest BCUT2D eigenvalue weighted by Crippen LogP contribution is 2.37. The lowest BCUT2D eigenvalue weighted by Crippen LogP contribution is -2.32. The summed E-state index contributed by atoms with van der Waals surface area (Å²) in [7, 11) is 2.15. The number of hydrogen-bond donors (Lipinski definition) is 2. The summed E-state index contributed by atoms with van der Waals surface area (Å²) >= 11 is 0. The van der Waals surface area contributed by atoms with Gasteiger partial charge in [-0.1, -0.05) is 0 Å². The van der Waals surface area contributed by atoms with Gasteiger partial charge >= 0.3 is 0 Å². The molecule has 2 N–H and O–H groups in total. The number of nitrogens with one attached hydrogen (secondary N) is 2. The van der Waals surface area contributed by atoms with Crippen molar-refractivity contribution >= 4 is 5.82 Å². The molecule has 2 fully saturated rings. The summed E-state index contributed by atoms with van der Waals surface area (Å²) in [6, 6.07) is 2.12. The SMILES string of the molecule is CN1CCCC1CNc1cc(=O)[nH]c(C2CC2)n1. The molecule has 1 aliphatic heterocycles. The molecule has 1 saturated carbocycles. The predicted octanol–water partition coefficient (Wildman–Crippen LogP) is 1.15. The number of likely N-dealkylation sites (N-methyl/N-ethyl adjacent to an activating group) is 1. The van der Waals surface area contributed by atoms with Crippen molar-refractivity contribution < 1.29 is 0 Å². The predicted molar refractivity (Wildman–Crippen MR) is 71.0 cm³/mol. The number of nitrogens with zero attached hydrogens (tertiary/aromatic N) is 2. The molecule has 5 nitrogen and oxygen atoms in total. The number of aromatic nitrogens is 2. The third kappa shape index (κ3) is 2.56. The molecule has 3 rings (SSSR count). The van der Waals surface area contributed by atoms with Gasteiger partial charge in [0, 0.05) is 24.6 Å². The molecule has 0 amide bonds. The topological polar surface area (TPSA) is 61.0 Å². The van der Waals surface area contributed by atoms with Crippen LogP contribution in [0.25, 0.3) is 0 Å². The number of likely N-dealkylation sites (tertiary alicyclic amines) is 1. The van der Waals surface area contributed by atoms with Crippen LogP contribution in [0.2, 0.25) is 0 Å². The standard InChI is InChI=1S/C13H20N4O/c1-17-6-2-3-10(17)8-14-11-7-12(18)16-13(15-11)9-4-5-9/h7,9-10H,2-6,8H2,1H3,(H2,14,15,16,18). The van der Waals surface area contributed by atoms with Crippen LogP contribution in [0.15, 0.2) is 10.9 Å². The first kappa shape index (κ1) is 11.7. The highest BCUT2D eigenvalue weighted by molar-refractivity contribution is 5.34. The fourth-order valence-corrected chi connectivity index (χ4v) is 2.58. The summed E-state index contributed by atoms with van der Waals surface area (Å²) in [4.78, 5) is 21.2. The summed E-state index contributed by atoms with van der Waals surface area (Å²) < 4.78 is 0. The summed E-state index contributed by atoms with van der Waals surface area (Å²) in [6.07, 6.45) is 4.79. The van der Waals surface area contributed by atoms with E-state index in [2.05, 4.69) is 27.2 Å². The Morgan fingerprint density at radius 2 is 2.33 bits per heavy atom. The molecule has 0 radical (unpaired) electrons. The number of aromatic amines is 1. The van der Waals surface area contributed by atoms with Crippen molar-refractivity contribution in [2.24, 2.45) is 0 Å². The third-order valence-electron chi connectivity index (χ3n) is 3.91. The van der Waals surface area contributed by atoms with Gasteiger partial charge in [0.2, 0.25) is 0 Å². The summed E-state index contributed by atoms with van der Waals surface area (Å²) in [6.45, 7) is 2.04. The van der Waals surface area contributed by atoms with Crippen molar-refractivity contribution in [3.05, 3.63) is 22.2 Å². The smallest absolute Gasteiger partial charge is 0.252 e. The zero-order valence-corrected chi connectivity index (χ0v) is 10.8. The van der Waals surface area contributed by atoms with Crippen LogP contribution in [0.3, 0.4) is 0 Å². The van der Waals surface area contributed by atoms with Crippen molar-refractivity contribution in [3.63, 3.8) is 0 Å². The minimum atomic E-state index is -0.0471. The van der Waals surface area contributed by atoms with Gasteiger partial charge in [-0.3, -0.25) is 4.79 Å². The van der Waals surface area contributed by atoms with Gasteiger partial charge in [0.15, 0.2) is 0 Å². The average molecular weight is 248 g/mol. The molecule has 18 heavy (non-hydrogen) atoms. The Morgan fingerprint density at radius 1 is 1.50 bits per heavy atom.